The van der Waals surface area contributed by atoms with Crippen molar-refractivity contribution in [2.24, 2.45) is 5.73 Å². The molecule has 3 nitrogen and oxygen atoms in total. The van der Waals surface area contributed by atoms with Gasteiger partial charge < -0.3 is 14.9 Å². The number of fused-ring (bicyclic) bond motifs is 1. The fraction of sp³-hybridized carbons (Fsp3) is 0.286. The summed E-state index contributed by atoms with van der Waals surface area (Å²) < 4.78 is 11.3. The van der Waals surface area contributed by atoms with Gasteiger partial charge in [0.25, 0.3) is 0 Å². The minimum absolute atomic E-state index is 0.583. The molecule has 1 aromatic carbocycles. The van der Waals surface area contributed by atoms with E-state index >= 15 is 0 Å². The highest BCUT2D eigenvalue weighted by molar-refractivity contribution is 5.64. The van der Waals surface area contributed by atoms with Crippen molar-refractivity contribution in [3.8, 4) is 11.3 Å². The lowest BCUT2D eigenvalue weighted by Crippen LogP contribution is -2.04. The zero-order valence-corrected chi connectivity index (χ0v) is 9.61. The highest BCUT2D eigenvalue weighted by atomic mass is 16.5. The minimum atomic E-state index is 0.583. The average Bonchev–Trinajstić information content (AvgIpc) is 2.93. The van der Waals surface area contributed by atoms with Gasteiger partial charge in [-0.3, -0.25) is 0 Å². The fourth-order valence-electron chi connectivity index (χ4n) is 2.31. The molecule has 0 unspecified atom stereocenters. The van der Waals surface area contributed by atoms with Gasteiger partial charge in [-0.1, -0.05) is 30.3 Å². The molecule has 3 heteroatoms. The molecule has 1 aliphatic heterocycles. The zero-order chi connectivity index (χ0) is 11.7. The van der Waals surface area contributed by atoms with Gasteiger partial charge in [-0.15, -0.1) is 0 Å². The molecule has 0 saturated carbocycles. The van der Waals surface area contributed by atoms with Crippen LogP contribution in [0.25, 0.3) is 11.3 Å². The van der Waals surface area contributed by atoms with Crippen molar-refractivity contribution in [3.63, 3.8) is 0 Å². The van der Waals surface area contributed by atoms with Crippen molar-refractivity contribution in [1.29, 1.82) is 0 Å². The summed E-state index contributed by atoms with van der Waals surface area (Å²) in [5, 5.41) is 0. The third-order valence-electron chi connectivity index (χ3n) is 3.11. The fourth-order valence-corrected chi connectivity index (χ4v) is 2.31. The molecule has 0 aliphatic carbocycles. The Hall–Kier alpha value is -1.58. The lowest BCUT2D eigenvalue weighted by atomic mass is 10.0. The topological polar surface area (TPSA) is 48.4 Å². The molecule has 0 fully saturated rings. The quantitative estimate of drug-likeness (QED) is 0.879. The lowest BCUT2D eigenvalue weighted by molar-refractivity contribution is 0.124. The van der Waals surface area contributed by atoms with Gasteiger partial charge in [-0.2, -0.15) is 0 Å². The Morgan fingerprint density at radius 2 is 1.94 bits per heavy atom. The largest absolute Gasteiger partial charge is 0.458 e. The summed E-state index contributed by atoms with van der Waals surface area (Å²) in [5.74, 6) is 1.93. The molecule has 0 bridgehead atoms. The van der Waals surface area contributed by atoms with E-state index in [9.17, 15) is 0 Å². The first kappa shape index (κ1) is 10.6. The van der Waals surface area contributed by atoms with Gasteiger partial charge in [0, 0.05) is 16.7 Å². The normalized spacial score (nSPS) is 13.9. The summed E-state index contributed by atoms with van der Waals surface area (Å²) in [4.78, 5) is 0. The van der Waals surface area contributed by atoms with Crippen LogP contribution < -0.4 is 5.73 Å². The summed E-state index contributed by atoms with van der Waals surface area (Å²) in [7, 11) is 0. The van der Waals surface area contributed by atoms with Crippen LogP contribution >= 0.6 is 0 Å². The summed E-state index contributed by atoms with van der Waals surface area (Å²) in [6.45, 7) is 1.87. The van der Waals surface area contributed by atoms with Crippen molar-refractivity contribution in [1.82, 2.24) is 0 Å². The molecule has 2 N–H and O–H groups in total. The summed E-state index contributed by atoms with van der Waals surface area (Å²) in [6.07, 6.45) is 0.840. The lowest BCUT2D eigenvalue weighted by Gasteiger charge is -2.03. The predicted octanol–water partition coefficient (Wildman–Crippen LogP) is 2.48. The second-order valence-electron chi connectivity index (χ2n) is 4.21. The van der Waals surface area contributed by atoms with Crippen molar-refractivity contribution in [3.05, 3.63) is 47.2 Å². The molecule has 0 atom stereocenters. The van der Waals surface area contributed by atoms with Crippen LogP contribution in [0, 0.1) is 0 Å². The first-order valence-electron chi connectivity index (χ1n) is 5.87. The smallest absolute Gasteiger partial charge is 0.138 e. The van der Waals surface area contributed by atoms with Crippen molar-refractivity contribution < 1.29 is 9.15 Å². The summed E-state index contributed by atoms with van der Waals surface area (Å²) >= 11 is 0. The van der Waals surface area contributed by atoms with E-state index in [0.29, 0.717) is 19.8 Å². The maximum Gasteiger partial charge on any atom is 0.138 e. The number of hydrogen-bond donors (Lipinski definition) is 1. The average molecular weight is 229 g/mol. The van der Waals surface area contributed by atoms with Crippen LogP contribution in [-0.4, -0.2) is 6.54 Å². The molecule has 0 spiro atoms. The molecule has 2 heterocycles. The predicted molar refractivity (Wildman–Crippen MR) is 65.4 cm³/mol. The van der Waals surface area contributed by atoms with Gasteiger partial charge in [0.05, 0.1) is 6.61 Å². The molecule has 3 rings (SSSR count). The van der Waals surface area contributed by atoms with Crippen LogP contribution in [0.3, 0.4) is 0 Å². The van der Waals surface area contributed by atoms with E-state index in [0.717, 1.165) is 23.5 Å². The Morgan fingerprint density at radius 3 is 2.71 bits per heavy atom. The van der Waals surface area contributed by atoms with Crippen molar-refractivity contribution in [2.75, 3.05) is 6.54 Å². The van der Waals surface area contributed by atoms with E-state index in [2.05, 4.69) is 12.1 Å². The standard InChI is InChI=1S/C14H15NO2/c15-7-6-11-12-8-16-9-13(12)17-14(11)10-4-2-1-3-5-10/h1-5H,6-9,15H2. The second-order valence-corrected chi connectivity index (χ2v) is 4.21. The van der Waals surface area contributed by atoms with Crippen LogP contribution in [0.4, 0.5) is 0 Å². The Morgan fingerprint density at radius 1 is 1.12 bits per heavy atom. The first-order chi connectivity index (χ1) is 8.40. The Bertz CT molecular complexity index is 517. The molecule has 2 aromatic rings. The third kappa shape index (κ3) is 1.77. The van der Waals surface area contributed by atoms with Crippen LogP contribution in [0.15, 0.2) is 34.7 Å². The second kappa shape index (κ2) is 4.35. The molecule has 0 saturated heterocycles. The van der Waals surface area contributed by atoms with Gasteiger partial charge in [-0.05, 0) is 13.0 Å². The molecule has 88 valence electrons. The molecule has 1 aliphatic rings. The Kier molecular flexibility index (Phi) is 2.71. The molecule has 17 heavy (non-hydrogen) atoms. The Labute approximate surface area is 100 Å². The van der Waals surface area contributed by atoms with Gasteiger partial charge in [0.2, 0.25) is 0 Å². The van der Waals surface area contributed by atoms with E-state index in [1.54, 1.807) is 0 Å². The van der Waals surface area contributed by atoms with E-state index in [1.807, 2.05) is 18.2 Å². The zero-order valence-electron chi connectivity index (χ0n) is 9.61. The van der Waals surface area contributed by atoms with Crippen molar-refractivity contribution >= 4 is 0 Å². The summed E-state index contributed by atoms with van der Waals surface area (Å²) in [6, 6.07) is 10.2. The van der Waals surface area contributed by atoms with E-state index in [1.165, 1.54) is 11.1 Å². The number of rotatable bonds is 3. The van der Waals surface area contributed by atoms with Gasteiger partial charge in [0.15, 0.2) is 0 Å². The minimum Gasteiger partial charge on any atom is -0.458 e. The Balaban J connectivity index is 2.11. The number of hydrogen-bond acceptors (Lipinski definition) is 3. The number of furan rings is 1. The maximum absolute atomic E-state index is 5.92. The maximum atomic E-state index is 5.92. The van der Waals surface area contributed by atoms with Crippen LogP contribution in [0.2, 0.25) is 0 Å². The van der Waals surface area contributed by atoms with Crippen molar-refractivity contribution in [2.45, 2.75) is 19.6 Å². The van der Waals surface area contributed by atoms with E-state index in [-0.39, 0.29) is 0 Å². The molecular weight excluding hydrogens is 214 g/mol. The van der Waals surface area contributed by atoms with Gasteiger partial charge in [0.1, 0.15) is 18.1 Å². The highest BCUT2D eigenvalue weighted by Crippen LogP contribution is 2.35. The molecule has 0 amide bonds. The molecule has 1 aromatic heterocycles. The van der Waals surface area contributed by atoms with Gasteiger partial charge in [-0.25, -0.2) is 0 Å². The van der Waals surface area contributed by atoms with Crippen LogP contribution in [-0.2, 0) is 24.4 Å². The number of nitrogens with two attached hydrogens (primary N) is 1. The van der Waals surface area contributed by atoms with E-state index in [4.69, 9.17) is 14.9 Å². The third-order valence-corrected chi connectivity index (χ3v) is 3.11. The van der Waals surface area contributed by atoms with E-state index < -0.39 is 0 Å². The molecular formula is C14H15NO2. The SMILES string of the molecule is NCCc1c(-c2ccccc2)oc2c1COC2. The monoisotopic (exact) mass is 229 g/mol. The van der Waals surface area contributed by atoms with Gasteiger partial charge >= 0.3 is 0 Å². The highest BCUT2D eigenvalue weighted by Gasteiger charge is 2.24. The van der Waals surface area contributed by atoms with Crippen LogP contribution in [0.1, 0.15) is 16.9 Å². The summed E-state index contributed by atoms with van der Waals surface area (Å²) in [5.41, 5.74) is 9.21. The van der Waals surface area contributed by atoms with Crippen LogP contribution in [0.5, 0.6) is 0 Å². The number of benzene rings is 1. The number of ether oxygens (including phenoxy) is 1. The molecule has 0 radical (unpaired) electrons. The first-order valence-corrected chi connectivity index (χ1v) is 5.87.